The molecule has 0 saturated carbocycles. The molecule has 3 heteroatoms. The van der Waals surface area contributed by atoms with Crippen LogP contribution in [0.4, 0.5) is 0 Å². The third-order valence-electron chi connectivity index (χ3n) is 3.96. The predicted molar refractivity (Wildman–Crippen MR) is 88.1 cm³/mol. The molecule has 4 rings (SSSR count). The lowest BCUT2D eigenvalue weighted by Gasteiger charge is -2.17. The van der Waals surface area contributed by atoms with Gasteiger partial charge >= 0.3 is 0 Å². The van der Waals surface area contributed by atoms with Gasteiger partial charge in [0.15, 0.2) is 0 Å². The molecule has 0 spiro atoms. The summed E-state index contributed by atoms with van der Waals surface area (Å²) >= 11 is 0. The van der Waals surface area contributed by atoms with Crippen LogP contribution in [-0.2, 0) is 6.54 Å². The Bertz CT molecular complexity index is 734. The second kappa shape index (κ2) is 5.76. The van der Waals surface area contributed by atoms with E-state index >= 15 is 0 Å². The van der Waals surface area contributed by atoms with Crippen LogP contribution in [0.1, 0.15) is 22.9 Å². The van der Waals surface area contributed by atoms with Gasteiger partial charge in [0.2, 0.25) is 0 Å². The maximum absolute atomic E-state index is 3.68. The quantitative estimate of drug-likeness (QED) is 0.715. The van der Waals surface area contributed by atoms with Crippen molar-refractivity contribution < 1.29 is 0 Å². The van der Waals surface area contributed by atoms with Crippen LogP contribution in [0.5, 0.6) is 0 Å². The number of benzene rings is 2. The molecule has 106 valence electrons. The van der Waals surface area contributed by atoms with Gasteiger partial charge in [0.25, 0.3) is 0 Å². The van der Waals surface area contributed by atoms with E-state index in [4.69, 9.17) is 0 Å². The van der Waals surface area contributed by atoms with Gasteiger partial charge in [-0.2, -0.15) is 0 Å². The molecule has 2 aromatic carbocycles. The highest BCUT2D eigenvalue weighted by Crippen LogP contribution is 2.29. The molecule has 0 radical (unpaired) electrons. The Morgan fingerprint density at radius 2 is 1.62 bits per heavy atom. The van der Waals surface area contributed by atoms with Crippen LogP contribution in [0.25, 0.3) is 5.69 Å². The summed E-state index contributed by atoms with van der Waals surface area (Å²) in [7, 11) is 0. The van der Waals surface area contributed by atoms with Crippen molar-refractivity contribution in [3.8, 4) is 5.69 Å². The molecule has 2 heterocycles. The predicted octanol–water partition coefficient (Wildman–Crippen LogP) is 4.09. The zero-order valence-corrected chi connectivity index (χ0v) is 12.4. The number of hydrogen-bond donors (Lipinski definition) is 1. The summed E-state index contributed by atoms with van der Waals surface area (Å²) in [6.45, 7) is 0.886. The first kappa shape index (κ1) is 13.9. The standard InChI is InChI=1S/C18H16N2.ClH/c1-2-7-14(8-3-1)18-17-11-6-12-20(17)16-10-5-4-9-15(16)13-19-18;/h1-12,18-19H,13H2;1H. The summed E-state index contributed by atoms with van der Waals surface area (Å²) < 4.78 is 2.30. The van der Waals surface area contributed by atoms with E-state index in [-0.39, 0.29) is 18.4 Å². The number of hydrogen-bond acceptors (Lipinski definition) is 1. The van der Waals surface area contributed by atoms with E-state index in [2.05, 4.69) is 82.8 Å². The van der Waals surface area contributed by atoms with Crippen molar-refractivity contribution in [3.05, 3.63) is 89.7 Å². The topological polar surface area (TPSA) is 17.0 Å². The lowest BCUT2D eigenvalue weighted by atomic mass is 10.0. The summed E-state index contributed by atoms with van der Waals surface area (Å²) in [6, 6.07) is 23.8. The van der Waals surface area contributed by atoms with Crippen LogP contribution in [0.3, 0.4) is 0 Å². The number of rotatable bonds is 1. The minimum atomic E-state index is 0. The van der Waals surface area contributed by atoms with Gasteiger partial charge in [-0.1, -0.05) is 48.5 Å². The number of halogens is 1. The van der Waals surface area contributed by atoms with Crippen molar-refractivity contribution in [1.82, 2.24) is 9.88 Å². The van der Waals surface area contributed by atoms with Crippen LogP contribution in [0, 0.1) is 0 Å². The molecule has 0 fully saturated rings. The van der Waals surface area contributed by atoms with E-state index in [1.165, 1.54) is 22.5 Å². The maximum atomic E-state index is 3.68. The lowest BCUT2D eigenvalue weighted by molar-refractivity contribution is 0.601. The molecular formula is C18H17ClN2. The van der Waals surface area contributed by atoms with Gasteiger partial charge in [-0.05, 0) is 29.3 Å². The van der Waals surface area contributed by atoms with E-state index in [9.17, 15) is 0 Å². The molecule has 1 N–H and O–H groups in total. The maximum Gasteiger partial charge on any atom is 0.0737 e. The second-order valence-corrected chi connectivity index (χ2v) is 5.16. The minimum absolute atomic E-state index is 0. The normalized spacial score (nSPS) is 16.3. The Labute approximate surface area is 130 Å². The molecule has 0 aliphatic carbocycles. The van der Waals surface area contributed by atoms with E-state index < -0.39 is 0 Å². The van der Waals surface area contributed by atoms with Crippen LogP contribution in [-0.4, -0.2) is 4.57 Å². The number of nitrogens with one attached hydrogen (secondary N) is 1. The third-order valence-corrected chi connectivity index (χ3v) is 3.96. The Morgan fingerprint density at radius 1 is 0.857 bits per heavy atom. The summed E-state index contributed by atoms with van der Waals surface area (Å²) in [5.41, 5.74) is 5.21. The van der Waals surface area contributed by atoms with Gasteiger partial charge in [-0.25, -0.2) is 0 Å². The molecule has 21 heavy (non-hydrogen) atoms. The van der Waals surface area contributed by atoms with Crippen LogP contribution in [0.2, 0.25) is 0 Å². The molecule has 1 aliphatic rings. The fourth-order valence-electron chi connectivity index (χ4n) is 2.99. The molecule has 2 nitrogen and oxygen atoms in total. The summed E-state index contributed by atoms with van der Waals surface area (Å²) in [5, 5.41) is 3.68. The molecular weight excluding hydrogens is 280 g/mol. The van der Waals surface area contributed by atoms with Crippen LogP contribution >= 0.6 is 12.4 Å². The van der Waals surface area contributed by atoms with E-state index in [0.29, 0.717) is 0 Å². The van der Waals surface area contributed by atoms with Crippen LogP contribution in [0.15, 0.2) is 72.9 Å². The Hall–Kier alpha value is -2.03. The van der Waals surface area contributed by atoms with E-state index in [1.807, 2.05) is 0 Å². The van der Waals surface area contributed by atoms with Crippen molar-refractivity contribution >= 4 is 12.4 Å². The third kappa shape index (κ3) is 2.37. The highest BCUT2D eigenvalue weighted by Gasteiger charge is 2.22. The van der Waals surface area contributed by atoms with Crippen molar-refractivity contribution in [2.45, 2.75) is 12.6 Å². The fraction of sp³-hybridized carbons (Fsp3) is 0.111. The molecule has 1 aromatic heterocycles. The number of para-hydroxylation sites is 1. The van der Waals surface area contributed by atoms with Gasteiger partial charge in [-0.3, -0.25) is 0 Å². The van der Waals surface area contributed by atoms with Crippen molar-refractivity contribution in [2.75, 3.05) is 0 Å². The zero-order valence-electron chi connectivity index (χ0n) is 11.6. The summed E-state index contributed by atoms with van der Waals surface area (Å²) in [4.78, 5) is 0. The molecule has 0 bridgehead atoms. The largest absolute Gasteiger partial charge is 0.319 e. The molecule has 3 aromatic rings. The molecule has 0 amide bonds. The summed E-state index contributed by atoms with van der Waals surface area (Å²) in [6.07, 6.45) is 2.15. The number of aromatic nitrogens is 1. The Balaban J connectivity index is 0.00000132. The average Bonchev–Trinajstić information content (AvgIpc) is 2.93. The molecule has 0 saturated heterocycles. The van der Waals surface area contributed by atoms with Crippen molar-refractivity contribution in [2.24, 2.45) is 0 Å². The molecule has 1 atom stereocenters. The summed E-state index contributed by atoms with van der Waals surface area (Å²) in [5.74, 6) is 0. The first-order valence-electron chi connectivity index (χ1n) is 6.97. The van der Waals surface area contributed by atoms with Gasteiger partial charge < -0.3 is 9.88 Å². The van der Waals surface area contributed by atoms with Gasteiger partial charge in [0, 0.05) is 24.1 Å². The number of fused-ring (bicyclic) bond motifs is 3. The average molecular weight is 297 g/mol. The zero-order chi connectivity index (χ0) is 13.4. The molecule has 1 unspecified atom stereocenters. The van der Waals surface area contributed by atoms with Crippen molar-refractivity contribution in [1.29, 1.82) is 0 Å². The van der Waals surface area contributed by atoms with E-state index in [1.54, 1.807) is 0 Å². The van der Waals surface area contributed by atoms with Crippen LogP contribution < -0.4 is 5.32 Å². The minimum Gasteiger partial charge on any atom is -0.319 e. The number of nitrogens with zero attached hydrogens (tertiary/aromatic N) is 1. The molecule has 1 aliphatic heterocycles. The first-order valence-corrected chi connectivity index (χ1v) is 6.97. The highest BCUT2D eigenvalue weighted by atomic mass is 35.5. The highest BCUT2D eigenvalue weighted by molar-refractivity contribution is 5.85. The second-order valence-electron chi connectivity index (χ2n) is 5.16. The van der Waals surface area contributed by atoms with Gasteiger partial charge in [-0.15, -0.1) is 12.4 Å². The van der Waals surface area contributed by atoms with Crippen molar-refractivity contribution in [3.63, 3.8) is 0 Å². The SMILES string of the molecule is Cl.c1ccc(C2NCc3ccccc3-n3cccc32)cc1. The lowest BCUT2D eigenvalue weighted by Crippen LogP contribution is -2.21. The Morgan fingerprint density at radius 3 is 2.48 bits per heavy atom. The van der Waals surface area contributed by atoms with Gasteiger partial charge in [0.05, 0.1) is 6.04 Å². The fourth-order valence-corrected chi connectivity index (χ4v) is 2.99. The Kier molecular flexibility index (Phi) is 3.82. The van der Waals surface area contributed by atoms with Gasteiger partial charge in [0.1, 0.15) is 0 Å². The monoisotopic (exact) mass is 296 g/mol. The first-order chi connectivity index (χ1) is 9.93. The van der Waals surface area contributed by atoms with E-state index in [0.717, 1.165) is 6.54 Å². The smallest absolute Gasteiger partial charge is 0.0737 e.